The van der Waals surface area contributed by atoms with Crippen molar-refractivity contribution in [1.82, 2.24) is 68.7 Å². The van der Waals surface area contributed by atoms with Gasteiger partial charge >= 0.3 is 11.9 Å². The number of morpholine rings is 4. The number of amides is 1. The van der Waals surface area contributed by atoms with Crippen molar-refractivity contribution in [2.75, 3.05) is 124 Å². The molecular weight excluding hydrogens is 1300 g/mol. The third-order valence-corrected chi connectivity index (χ3v) is 20.1. The summed E-state index contributed by atoms with van der Waals surface area (Å²) in [6.45, 7) is 88.9. The van der Waals surface area contributed by atoms with Crippen molar-refractivity contribution in [3.8, 4) is 0 Å². The number of carbonyl (C=O) groups excluding carboxylic acids is 3. The maximum absolute atomic E-state index is 11.8. The molecule has 101 heavy (non-hydrogen) atoms. The number of piperazine rings is 1. The van der Waals surface area contributed by atoms with E-state index in [1.165, 1.54) is 4.80 Å². The summed E-state index contributed by atoms with van der Waals surface area (Å²) in [6.07, 6.45) is 5.06. The number of carbonyl (C=O) groups is 3. The largest absolute Gasteiger partial charge is 0.422 e. The SMILES string of the molecule is C=S1(=O)CCCN1C(C)(C)C.CC(=O)N1CCN(C(C)(C)C)CC1.CC(C)(C)N1CCOCC1.CC(C)(C)N1CCOCC1.CC(C)(C)n1cncn1.CC1(C)CN(C(C)(C)C)CCO1.CC1(C)OC(=O)C(C(C)(C)C)C(=O)O1.CC1CN(C(C)(C)C)CC(C)O1.Cn1nnc(C(C)(C)C)n1. The van der Waals surface area contributed by atoms with Crippen molar-refractivity contribution in [3.05, 3.63) is 18.5 Å². The van der Waals surface area contributed by atoms with E-state index in [-0.39, 0.29) is 44.6 Å². The molecule has 2 aromatic rings. The van der Waals surface area contributed by atoms with E-state index in [4.69, 9.17) is 28.4 Å². The van der Waals surface area contributed by atoms with Gasteiger partial charge in [-0.15, -0.1) is 10.2 Å². The summed E-state index contributed by atoms with van der Waals surface area (Å²) in [4.78, 5) is 53.7. The fourth-order valence-electron chi connectivity index (χ4n) is 11.6. The standard InChI is InChI=1S/C10H20N2O.2C10H21NO.C10H16O4.C8H17NOS.2C8H17NO.C6H12N4.C6H11N3/c1-9(13)11-5-7-12(8-6-11)10(2,3)4;1-8-6-11(10(3,4)5)7-9(2)12-8;1-9(2,3)11-6-7-12-10(4,5)8-11;1-9(2,3)6-7(11)13-10(4,5)14-8(6)12;1-8(2,3)9-6-5-7-11(9,4)10;2*1-8(2,3)9-4-6-10-7-5-9;1-6(2,3)5-7-9-10(4)8-5;1-6(2,3)9-5-7-4-8-9/h5-8H2,1-4H3;8-9H,6-7H2,1-5H3;6-8H2,1-5H3;6H,1-5H3;4-7H2,1-3H3;2*4-7H2,1-3H3;1-4H3;4-5H,1-3H3. The highest BCUT2D eigenvalue weighted by Crippen LogP contribution is 2.35. The van der Waals surface area contributed by atoms with Crippen LogP contribution in [-0.2, 0) is 70.5 Å². The summed E-state index contributed by atoms with van der Waals surface area (Å²) in [7, 11) is -0.145. The number of aromatic nitrogens is 7. The van der Waals surface area contributed by atoms with Crippen LogP contribution in [0.4, 0.5) is 0 Å². The first-order chi connectivity index (χ1) is 45.4. The minimum Gasteiger partial charge on any atom is -0.422 e. The summed E-state index contributed by atoms with van der Waals surface area (Å²) in [5.41, 5.74) is 1.10. The van der Waals surface area contributed by atoms with Gasteiger partial charge in [0.25, 0.3) is 5.79 Å². The van der Waals surface area contributed by atoms with Crippen LogP contribution in [-0.4, -0.2) is 277 Å². The first-order valence-electron chi connectivity index (χ1n) is 37.0. The third-order valence-electron chi connectivity index (χ3n) is 17.6. The predicted octanol–water partition coefficient (Wildman–Crippen LogP) is 11.1. The smallest absolute Gasteiger partial charge is 0.324 e. The number of rotatable bonds is 0. The number of nitrogens with zero attached hydrogens (tertiary/aromatic N) is 14. The Balaban J connectivity index is 0.000000570. The molecule has 2 aromatic heterocycles. The van der Waals surface area contributed by atoms with Gasteiger partial charge in [-0.2, -0.15) is 9.90 Å². The topological polar surface area (TPSA) is 221 Å². The van der Waals surface area contributed by atoms with Gasteiger partial charge in [0.15, 0.2) is 11.7 Å². The molecular formula is C76H152N14O10S. The lowest BCUT2D eigenvalue weighted by molar-refractivity contribution is -0.245. The maximum Gasteiger partial charge on any atom is 0.324 e. The Morgan fingerprint density at radius 2 is 0.960 bits per heavy atom. The Kier molecular flexibility index (Phi) is 37.0. The van der Waals surface area contributed by atoms with Crippen molar-refractivity contribution in [2.24, 2.45) is 18.4 Å². The molecule has 7 fully saturated rings. The van der Waals surface area contributed by atoms with Gasteiger partial charge in [-0.25, -0.2) is 14.0 Å². The van der Waals surface area contributed by atoms with Gasteiger partial charge in [0.05, 0.1) is 63.4 Å². The van der Waals surface area contributed by atoms with Crippen LogP contribution in [0.5, 0.6) is 0 Å². The van der Waals surface area contributed by atoms with E-state index < -0.39 is 38.8 Å². The van der Waals surface area contributed by atoms with Crippen molar-refractivity contribution in [2.45, 2.75) is 310 Å². The molecule has 0 radical (unpaired) electrons. The number of cyclic esters (lactones) is 2. The Morgan fingerprint density at radius 1 is 0.554 bits per heavy atom. The number of ether oxygens (including phenoxy) is 6. The second kappa shape index (κ2) is 39.2. The normalized spacial score (nSPS) is 23.5. The number of hydrogen-bond acceptors (Lipinski definition) is 20. The van der Waals surface area contributed by atoms with E-state index in [0.717, 1.165) is 136 Å². The number of tetrazole rings is 1. The minimum atomic E-state index is -1.91. The van der Waals surface area contributed by atoms with E-state index in [1.807, 2.05) is 13.9 Å². The summed E-state index contributed by atoms with van der Waals surface area (Å²) in [6, 6.07) is 0. The van der Waals surface area contributed by atoms with Gasteiger partial charge in [-0.3, -0.25) is 43.1 Å². The van der Waals surface area contributed by atoms with Crippen LogP contribution < -0.4 is 0 Å². The van der Waals surface area contributed by atoms with E-state index in [0.29, 0.717) is 23.3 Å². The lowest BCUT2D eigenvalue weighted by atomic mass is 9.80. The second-order valence-electron chi connectivity index (χ2n) is 37.7. The van der Waals surface area contributed by atoms with Crippen molar-refractivity contribution in [1.29, 1.82) is 0 Å². The fourth-order valence-corrected chi connectivity index (χ4v) is 13.8. The minimum absolute atomic E-state index is 0.00819. The molecule has 592 valence electrons. The van der Waals surface area contributed by atoms with Crippen molar-refractivity contribution >= 4 is 33.4 Å². The number of aryl methyl sites for hydroxylation is 1. The summed E-state index contributed by atoms with van der Waals surface area (Å²) in [5.74, 6) is 2.57. The lowest BCUT2D eigenvalue weighted by Gasteiger charge is -2.45. The highest BCUT2D eigenvalue weighted by Gasteiger charge is 2.49. The Labute approximate surface area is 616 Å². The molecule has 0 aromatic carbocycles. The second-order valence-corrected chi connectivity index (χ2v) is 40.1. The molecule has 1 amide bonds. The van der Waals surface area contributed by atoms with Crippen LogP contribution >= 0.6 is 0 Å². The molecule has 7 aliphatic rings. The van der Waals surface area contributed by atoms with Crippen LogP contribution in [0.3, 0.4) is 0 Å². The maximum atomic E-state index is 11.8. The van der Waals surface area contributed by atoms with Gasteiger partial charge in [0.1, 0.15) is 12.7 Å². The Morgan fingerprint density at radius 3 is 1.21 bits per heavy atom. The number of esters is 2. The molecule has 9 heterocycles. The van der Waals surface area contributed by atoms with E-state index in [9.17, 15) is 18.6 Å². The highest BCUT2D eigenvalue weighted by atomic mass is 32.2. The summed E-state index contributed by atoms with van der Waals surface area (Å²) >= 11 is 0. The monoisotopic (exact) mass is 1450 g/mol. The first kappa shape index (κ1) is 95.3. The molecule has 0 spiro atoms. The van der Waals surface area contributed by atoms with Crippen LogP contribution in [0.15, 0.2) is 12.7 Å². The third kappa shape index (κ3) is 37.4. The van der Waals surface area contributed by atoms with Crippen LogP contribution in [0.1, 0.15) is 248 Å². The van der Waals surface area contributed by atoms with Crippen molar-refractivity contribution < 1.29 is 47.0 Å². The van der Waals surface area contributed by atoms with Crippen LogP contribution in [0.2, 0.25) is 0 Å². The molecule has 25 heteroatoms. The lowest BCUT2D eigenvalue weighted by Crippen LogP contribution is -2.55. The van der Waals surface area contributed by atoms with Gasteiger partial charge < -0.3 is 33.3 Å². The van der Waals surface area contributed by atoms with Crippen molar-refractivity contribution in [3.63, 3.8) is 0 Å². The first-order valence-corrected chi connectivity index (χ1v) is 38.9. The molecule has 7 aliphatic heterocycles. The quantitative estimate of drug-likeness (QED) is 0.136. The van der Waals surface area contributed by atoms with Gasteiger partial charge in [0.2, 0.25) is 5.91 Å². The molecule has 0 N–H and O–H groups in total. The number of hydrogen-bond donors (Lipinski definition) is 0. The Hall–Kier alpha value is -3.76. The molecule has 3 atom stereocenters. The fraction of sp³-hybridized carbons (Fsp3) is 0.908. The van der Waals surface area contributed by atoms with E-state index in [2.05, 4.69) is 250 Å². The molecule has 9 rings (SSSR count). The molecule has 0 bridgehead atoms. The van der Waals surface area contributed by atoms with Crippen LogP contribution in [0, 0.1) is 11.3 Å². The molecule has 3 unspecified atom stereocenters. The highest BCUT2D eigenvalue weighted by molar-refractivity contribution is 7.98. The zero-order valence-corrected chi connectivity index (χ0v) is 71.8. The summed E-state index contributed by atoms with van der Waals surface area (Å²) in [5, 5.41) is 15.7. The van der Waals surface area contributed by atoms with Crippen LogP contribution in [0.25, 0.3) is 0 Å². The zero-order chi connectivity index (χ0) is 78.6. The van der Waals surface area contributed by atoms with E-state index in [1.54, 1.807) is 61.2 Å². The zero-order valence-electron chi connectivity index (χ0n) is 71.0. The Bertz CT molecular complexity index is 2730. The molecule has 24 nitrogen and oxygen atoms in total. The average Bonchev–Trinajstić information content (AvgIpc) is 1.22. The molecule has 0 aliphatic carbocycles. The summed E-state index contributed by atoms with van der Waals surface area (Å²) < 4.78 is 47.5. The average molecular weight is 1450 g/mol. The predicted molar refractivity (Wildman–Crippen MR) is 413 cm³/mol. The van der Waals surface area contributed by atoms with Gasteiger partial charge in [-0.1, -0.05) is 41.5 Å². The molecule has 0 saturated carbocycles. The molecule has 7 saturated heterocycles. The van der Waals surface area contributed by atoms with Gasteiger partial charge in [0, 0.05) is 160 Å². The van der Waals surface area contributed by atoms with Gasteiger partial charge in [-0.05, 0) is 196 Å². The van der Waals surface area contributed by atoms with E-state index >= 15 is 0 Å².